The maximum atomic E-state index is 11.2. The van der Waals surface area contributed by atoms with Crippen LogP contribution in [0.5, 0.6) is 0 Å². The van der Waals surface area contributed by atoms with E-state index in [9.17, 15) is 8.42 Å². The van der Waals surface area contributed by atoms with Gasteiger partial charge in [-0.2, -0.15) is 0 Å². The number of pyridine rings is 1. The highest BCUT2D eigenvalue weighted by molar-refractivity contribution is 7.88. The number of hydrogen-bond acceptors (Lipinski definition) is 5. The van der Waals surface area contributed by atoms with Crippen molar-refractivity contribution in [3.8, 4) is 0 Å². The average molecular weight is 272 g/mol. The fourth-order valence-corrected chi connectivity index (χ4v) is 2.61. The first-order chi connectivity index (χ1) is 8.22. The Bertz CT molecular complexity index is 500. The summed E-state index contributed by atoms with van der Waals surface area (Å²) in [6.45, 7) is 4.12. The molecule has 0 bridgehead atoms. The first kappa shape index (κ1) is 14.7. The van der Waals surface area contributed by atoms with Crippen LogP contribution in [0.3, 0.4) is 0 Å². The van der Waals surface area contributed by atoms with Crippen molar-refractivity contribution in [3.05, 3.63) is 18.3 Å². The summed E-state index contributed by atoms with van der Waals surface area (Å²) >= 11 is 0. The molecule has 0 aliphatic rings. The number of aromatic nitrogens is 1. The highest BCUT2D eigenvalue weighted by Gasteiger charge is 2.21. The molecule has 0 saturated carbocycles. The number of sulfonamides is 1. The molecule has 0 aromatic carbocycles. The Balaban J connectivity index is 2.63. The van der Waals surface area contributed by atoms with E-state index in [0.717, 1.165) is 17.8 Å². The molecule has 1 heterocycles. The summed E-state index contributed by atoms with van der Waals surface area (Å²) in [5.74, 6) is 0.758. The van der Waals surface area contributed by atoms with Crippen molar-refractivity contribution < 1.29 is 8.42 Å². The smallest absolute Gasteiger partial charge is 0.209 e. The highest BCUT2D eigenvalue weighted by Crippen LogP contribution is 2.13. The second-order valence-electron chi connectivity index (χ2n) is 4.79. The molecule has 0 aliphatic carbocycles. The Morgan fingerprint density at radius 2 is 2.06 bits per heavy atom. The van der Waals surface area contributed by atoms with E-state index in [1.165, 1.54) is 0 Å². The second-order valence-corrected chi connectivity index (χ2v) is 6.54. The zero-order valence-corrected chi connectivity index (χ0v) is 11.9. The van der Waals surface area contributed by atoms with Crippen LogP contribution in [0.1, 0.15) is 13.8 Å². The minimum Gasteiger partial charge on any atom is -0.383 e. The van der Waals surface area contributed by atoms with E-state index in [0.29, 0.717) is 6.54 Å². The van der Waals surface area contributed by atoms with Gasteiger partial charge in [-0.15, -0.1) is 0 Å². The van der Waals surface area contributed by atoms with Crippen LogP contribution in [0.25, 0.3) is 0 Å². The third-order valence-corrected chi connectivity index (χ3v) is 3.14. The quantitative estimate of drug-likeness (QED) is 0.715. The van der Waals surface area contributed by atoms with Crippen LogP contribution in [0, 0.1) is 0 Å². The van der Waals surface area contributed by atoms with Gasteiger partial charge in [-0.1, -0.05) is 0 Å². The van der Waals surface area contributed by atoms with Crippen LogP contribution in [0.4, 0.5) is 11.5 Å². The van der Waals surface area contributed by atoms with Gasteiger partial charge in [0.25, 0.3) is 0 Å². The molecule has 3 N–H and O–H groups in total. The van der Waals surface area contributed by atoms with Crippen molar-refractivity contribution >= 4 is 21.5 Å². The molecule has 1 aromatic heterocycles. The van der Waals surface area contributed by atoms with Gasteiger partial charge < -0.3 is 10.6 Å². The lowest BCUT2D eigenvalue weighted by Gasteiger charge is -2.25. The Kier molecular flexibility index (Phi) is 4.53. The van der Waals surface area contributed by atoms with Gasteiger partial charge in [0.2, 0.25) is 10.0 Å². The molecule has 7 heteroatoms. The maximum Gasteiger partial charge on any atom is 0.209 e. The van der Waals surface area contributed by atoms with Crippen molar-refractivity contribution in [2.24, 2.45) is 0 Å². The monoisotopic (exact) mass is 272 g/mol. The standard InChI is InChI=1S/C11H20N4O2S/c1-11(2,15-18(4,16)17)8-14-9-5-6-13-10(7-9)12-3/h5-7,15H,8H2,1-4H3,(H2,12,13,14). The number of rotatable bonds is 6. The third kappa shape index (κ3) is 5.33. The molecule has 18 heavy (non-hydrogen) atoms. The predicted molar refractivity (Wildman–Crippen MR) is 74.3 cm³/mol. The van der Waals surface area contributed by atoms with Crippen molar-refractivity contribution in [3.63, 3.8) is 0 Å². The molecule has 0 saturated heterocycles. The lowest BCUT2D eigenvalue weighted by atomic mass is 10.1. The number of anilines is 2. The van der Waals surface area contributed by atoms with E-state index in [1.807, 2.05) is 26.0 Å². The predicted octanol–water partition coefficient (Wildman–Crippen LogP) is 0.863. The molecule has 0 atom stereocenters. The molecular formula is C11H20N4O2S. The third-order valence-electron chi connectivity index (χ3n) is 2.21. The highest BCUT2D eigenvalue weighted by atomic mass is 32.2. The van der Waals surface area contributed by atoms with Gasteiger partial charge in [-0.05, 0) is 19.9 Å². The van der Waals surface area contributed by atoms with Crippen LogP contribution >= 0.6 is 0 Å². The molecule has 0 aliphatic heterocycles. The summed E-state index contributed by atoms with van der Waals surface area (Å²) in [5.41, 5.74) is 0.328. The van der Waals surface area contributed by atoms with Gasteiger partial charge in [-0.3, -0.25) is 0 Å². The van der Waals surface area contributed by atoms with E-state index < -0.39 is 15.6 Å². The summed E-state index contributed by atoms with van der Waals surface area (Å²) in [7, 11) is -1.42. The number of nitrogens with zero attached hydrogens (tertiary/aromatic N) is 1. The second kappa shape index (κ2) is 5.53. The summed E-state index contributed by atoms with van der Waals surface area (Å²) in [6, 6.07) is 3.69. The van der Waals surface area contributed by atoms with Gasteiger partial charge in [0.1, 0.15) is 5.82 Å². The van der Waals surface area contributed by atoms with Crippen LogP contribution in [-0.2, 0) is 10.0 Å². The minimum absolute atomic E-state index is 0.479. The summed E-state index contributed by atoms with van der Waals surface area (Å²) in [4.78, 5) is 4.10. The summed E-state index contributed by atoms with van der Waals surface area (Å²) < 4.78 is 25.0. The van der Waals surface area contributed by atoms with Crippen molar-refractivity contribution in [1.82, 2.24) is 9.71 Å². The molecule has 1 aromatic rings. The molecule has 0 fully saturated rings. The Hall–Kier alpha value is -1.34. The first-order valence-electron chi connectivity index (χ1n) is 5.58. The van der Waals surface area contributed by atoms with Gasteiger partial charge in [-0.25, -0.2) is 18.1 Å². The molecular weight excluding hydrogens is 252 g/mol. The molecule has 0 unspecified atom stereocenters. The zero-order valence-electron chi connectivity index (χ0n) is 11.1. The van der Waals surface area contributed by atoms with Crippen molar-refractivity contribution in [1.29, 1.82) is 0 Å². The van der Waals surface area contributed by atoms with Crippen LogP contribution < -0.4 is 15.4 Å². The molecule has 6 nitrogen and oxygen atoms in total. The fraction of sp³-hybridized carbons (Fsp3) is 0.545. The van der Waals surface area contributed by atoms with Crippen LogP contribution in [0.2, 0.25) is 0 Å². The molecule has 0 spiro atoms. The molecule has 1 rings (SSSR count). The largest absolute Gasteiger partial charge is 0.383 e. The van der Waals surface area contributed by atoms with Crippen molar-refractivity contribution in [2.45, 2.75) is 19.4 Å². The van der Waals surface area contributed by atoms with E-state index >= 15 is 0 Å². The van der Waals surface area contributed by atoms with E-state index in [1.54, 1.807) is 13.2 Å². The van der Waals surface area contributed by atoms with Crippen LogP contribution in [-0.4, -0.2) is 38.8 Å². The fourth-order valence-electron chi connectivity index (χ4n) is 1.54. The molecule has 0 amide bonds. The topological polar surface area (TPSA) is 83.1 Å². The lowest BCUT2D eigenvalue weighted by molar-refractivity contribution is 0.476. The Morgan fingerprint density at radius 3 is 2.61 bits per heavy atom. The maximum absolute atomic E-state index is 11.2. The first-order valence-corrected chi connectivity index (χ1v) is 7.48. The number of nitrogens with one attached hydrogen (secondary N) is 3. The van der Waals surface area contributed by atoms with E-state index in [2.05, 4.69) is 20.3 Å². The summed E-state index contributed by atoms with van der Waals surface area (Å²) in [5, 5.41) is 6.12. The zero-order chi connectivity index (χ0) is 13.8. The molecule has 0 radical (unpaired) electrons. The Morgan fingerprint density at radius 1 is 1.39 bits per heavy atom. The lowest BCUT2D eigenvalue weighted by Crippen LogP contribution is -2.47. The van der Waals surface area contributed by atoms with Crippen LogP contribution in [0.15, 0.2) is 18.3 Å². The minimum atomic E-state index is -3.21. The molecule has 102 valence electrons. The van der Waals surface area contributed by atoms with E-state index in [-0.39, 0.29) is 0 Å². The SMILES string of the molecule is CNc1cc(NCC(C)(C)NS(C)(=O)=O)ccn1. The van der Waals surface area contributed by atoms with Gasteiger partial charge in [0.15, 0.2) is 0 Å². The average Bonchev–Trinajstić information content (AvgIpc) is 2.24. The van der Waals surface area contributed by atoms with E-state index in [4.69, 9.17) is 0 Å². The summed E-state index contributed by atoms with van der Waals surface area (Å²) in [6.07, 6.45) is 2.84. The van der Waals surface area contributed by atoms with Gasteiger partial charge in [0, 0.05) is 37.1 Å². The Labute approximate surface area is 108 Å². The van der Waals surface area contributed by atoms with Gasteiger partial charge in [0.05, 0.1) is 6.26 Å². The normalized spacial score (nSPS) is 12.2. The van der Waals surface area contributed by atoms with Gasteiger partial charge >= 0.3 is 0 Å². The number of hydrogen-bond donors (Lipinski definition) is 3. The van der Waals surface area contributed by atoms with Crippen molar-refractivity contribution in [2.75, 3.05) is 30.5 Å².